The molecule has 6 heteroatoms. The van der Waals surface area contributed by atoms with Crippen LogP contribution in [0.4, 0.5) is 0 Å². The Bertz CT molecular complexity index is 809. The molecule has 136 valence electrons. The van der Waals surface area contributed by atoms with Crippen molar-refractivity contribution >= 4 is 27.7 Å². The van der Waals surface area contributed by atoms with E-state index in [0.29, 0.717) is 31.0 Å². The minimum absolute atomic E-state index is 0.0474. The molecule has 3 N–H and O–H groups in total. The zero-order valence-corrected chi connectivity index (χ0v) is 15.8. The van der Waals surface area contributed by atoms with E-state index in [-0.39, 0.29) is 23.5 Å². The molecular weight excluding hydrogens is 396 g/mol. The number of rotatable bonds is 7. The summed E-state index contributed by atoms with van der Waals surface area (Å²) in [5, 5.41) is 15.1. The van der Waals surface area contributed by atoms with Gasteiger partial charge in [-0.15, -0.1) is 0 Å². The zero-order valence-electron chi connectivity index (χ0n) is 14.2. The second-order valence-corrected chi connectivity index (χ2v) is 7.37. The van der Waals surface area contributed by atoms with E-state index < -0.39 is 0 Å². The van der Waals surface area contributed by atoms with Gasteiger partial charge in [-0.2, -0.15) is 0 Å². The van der Waals surface area contributed by atoms with E-state index >= 15 is 0 Å². The smallest absolute Gasteiger partial charge is 0.251 e. The van der Waals surface area contributed by atoms with Crippen molar-refractivity contribution in [2.75, 3.05) is 13.1 Å². The molecule has 0 saturated heterocycles. The zero-order chi connectivity index (χ0) is 18.5. The van der Waals surface area contributed by atoms with E-state index in [4.69, 9.17) is 0 Å². The number of hydrogen-bond acceptors (Lipinski definition) is 3. The van der Waals surface area contributed by atoms with E-state index in [1.807, 2.05) is 12.1 Å². The maximum atomic E-state index is 12.2. The average molecular weight is 417 g/mol. The first kappa shape index (κ1) is 18.5. The van der Waals surface area contributed by atoms with Crippen molar-refractivity contribution in [3.8, 4) is 5.75 Å². The van der Waals surface area contributed by atoms with Crippen molar-refractivity contribution in [2.24, 2.45) is 5.92 Å². The number of carbonyl (C=O) groups excluding carboxylic acids is 2. The van der Waals surface area contributed by atoms with Crippen LogP contribution in [-0.4, -0.2) is 30.0 Å². The summed E-state index contributed by atoms with van der Waals surface area (Å²) >= 11 is 3.46. The monoisotopic (exact) mass is 416 g/mol. The lowest BCUT2D eigenvalue weighted by atomic mass is 10.1. The molecule has 0 aliphatic heterocycles. The molecule has 2 aromatic rings. The Morgan fingerprint density at radius 1 is 1.08 bits per heavy atom. The first-order chi connectivity index (χ1) is 12.5. The minimum atomic E-state index is -0.232. The Balaban J connectivity index is 1.34. The van der Waals surface area contributed by atoms with Crippen molar-refractivity contribution in [1.29, 1.82) is 0 Å². The molecule has 2 unspecified atom stereocenters. The predicted octanol–water partition coefficient (Wildman–Crippen LogP) is 3.19. The number of carbonyl (C=O) groups is 2. The Hall–Kier alpha value is -2.34. The molecule has 2 atom stereocenters. The molecule has 0 bridgehead atoms. The molecule has 1 fully saturated rings. The Morgan fingerprint density at radius 3 is 2.62 bits per heavy atom. The van der Waals surface area contributed by atoms with Crippen LogP contribution in [0.25, 0.3) is 0 Å². The molecule has 2 amide bonds. The highest BCUT2D eigenvalue weighted by Gasteiger charge is 2.43. The molecule has 3 rings (SSSR count). The lowest BCUT2D eigenvalue weighted by molar-refractivity contribution is -0.122. The first-order valence-corrected chi connectivity index (χ1v) is 9.44. The molecule has 0 aromatic heterocycles. The van der Waals surface area contributed by atoms with Crippen molar-refractivity contribution in [2.45, 2.75) is 18.8 Å². The summed E-state index contributed by atoms with van der Waals surface area (Å²) in [6.45, 7) is 0.995. The third kappa shape index (κ3) is 4.85. The average Bonchev–Trinajstić information content (AvgIpc) is 3.42. The fourth-order valence-corrected chi connectivity index (χ4v) is 3.39. The highest BCUT2D eigenvalue weighted by Crippen LogP contribution is 2.47. The maximum absolute atomic E-state index is 12.2. The van der Waals surface area contributed by atoms with Gasteiger partial charge in [-0.1, -0.05) is 34.1 Å². The van der Waals surface area contributed by atoms with Gasteiger partial charge in [-0.3, -0.25) is 9.59 Å². The minimum Gasteiger partial charge on any atom is -0.508 e. The van der Waals surface area contributed by atoms with Gasteiger partial charge in [0.15, 0.2) is 0 Å². The number of halogens is 1. The fourth-order valence-electron chi connectivity index (χ4n) is 2.97. The lowest BCUT2D eigenvalue weighted by Crippen LogP contribution is -2.30. The van der Waals surface area contributed by atoms with Crippen molar-refractivity contribution in [3.63, 3.8) is 0 Å². The normalized spacial score (nSPS) is 18.2. The largest absolute Gasteiger partial charge is 0.508 e. The third-order valence-corrected chi connectivity index (χ3v) is 4.94. The summed E-state index contributed by atoms with van der Waals surface area (Å²) in [5.74, 6) is 0.261. The predicted molar refractivity (Wildman–Crippen MR) is 103 cm³/mol. The van der Waals surface area contributed by atoms with E-state index in [0.717, 1.165) is 10.9 Å². The van der Waals surface area contributed by atoms with Gasteiger partial charge in [0.05, 0.1) is 0 Å². The van der Waals surface area contributed by atoms with E-state index in [1.54, 1.807) is 12.1 Å². The summed E-state index contributed by atoms with van der Waals surface area (Å²) in [4.78, 5) is 24.1. The van der Waals surface area contributed by atoms with Crippen LogP contribution < -0.4 is 10.6 Å². The standard InChI is InChI=1S/C20H21BrN2O3/c21-15-6-1-4-13(10-15)17-12-18(17)20(26)23-9-3-8-22-19(25)14-5-2-7-16(24)11-14/h1-2,4-7,10-11,17-18,24H,3,8-9,12H2,(H,22,25)(H,23,26). The van der Waals surface area contributed by atoms with Crippen molar-refractivity contribution in [1.82, 2.24) is 10.6 Å². The van der Waals surface area contributed by atoms with Gasteiger partial charge < -0.3 is 15.7 Å². The molecule has 26 heavy (non-hydrogen) atoms. The molecular formula is C20H21BrN2O3. The lowest BCUT2D eigenvalue weighted by Gasteiger charge is -2.07. The molecule has 5 nitrogen and oxygen atoms in total. The topological polar surface area (TPSA) is 78.4 Å². The van der Waals surface area contributed by atoms with Crippen molar-refractivity contribution < 1.29 is 14.7 Å². The first-order valence-electron chi connectivity index (χ1n) is 8.65. The third-order valence-electron chi connectivity index (χ3n) is 4.45. The van der Waals surface area contributed by atoms with Crippen LogP contribution in [0.15, 0.2) is 53.0 Å². The fraction of sp³-hybridized carbons (Fsp3) is 0.300. The summed E-state index contributed by atoms with van der Waals surface area (Å²) in [6.07, 6.45) is 1.54. The number of phenolic OH excluding ortho intramolecular Hbond substituents is 1. The van der Waals surface area contributed by atoms with Gasteiger partial charge in [0.1, 0.15) is 5.75 Å². The Labute approximate surface area is 160 Å². The summed E-state index contributed by atoms with van der Waals surface area (Å²) in [5.41, 5.74) is 1.61. The Morgan fingerprint density at radius 2 is 1.85 bits per heavy atom. The highest BCUT2D eigenvalue weighted by atomic mass is 79.9. The molecule has 0 radical (unpaired) electrons. The number of amides is 2. The highest BCUT2D eigenvalue weighted by molar-refractivity contribution is 9.10. The molecule has 2 aromatic carbocycles. The molecule has 1 aliphatic rings. The van der Waals surface area contributed by atoms with Crippen LogP contribution in [0.1, 0.15) is 34.7 Å². The van der Waals surface area contributed by atoms with Gasteiger partial charge in [0.25, 0.3) is 5.91 Å². The SMILES string of the molecule is O=C(NCCCNC(=O)C1CC1c1cccc(Br)c1)c1cccc(O)c1. The number of benzene rings is 2. The summed E-state index contributed by atoms with van der Waals surface area (Å²) < 4.78 is 1.03. The van der Waals surface area contributed by atoms with Crippen LogP contribution in [0.3, 0.4) is 0 Å². The van der Waals surface area contributed by atoms with E-state index in [2.05, 4.69) is 38.7 Å². The summed E-state index contributed by atoms with van der Waals surface area (Å²) in [7, 11) is 0. The van der Waals surface area contributed by atoms with Crippen LogP contribution in [-0.2, 0) is 4.79 Å². The number of aromatic hydroxyl groups is 1. The molecule has 0 spiro atoms. The second-order valence-electron chi connectivity index (χ2n) is 6.45. The quantitative estimate of drug-likeness (QED) is 0.606. The molecule has 1 saturated carbocycles. The van der Waals surface area contributed by atoms with Gasteiger partial charge >= 0.3 is 0 Å². The number of hydrogen-bond donors (Lipinski definition) is 3. The van der Waals surface area contributed by atoms with E-state index in [1.165, 1.54) is 17.7 Å². The van der Waals surface area contributed by atoms with Gasteiger partial charge in [-0.25, -0.2) is 0 Å². The maximum Gasteiger partial charge on any atom is 0.251 e. The Kier molecular flexibility index (Phi) is 5.93. The van der Waals surface area contributed by atoms with Crippen LogP contribution >= 0.6 is 15.9 Å². The second kappa shape index (κ2) is 8.36. The number of phenols is 1. The van der Waals surface area contributed by atoms with Gasteiger partial charge in [0.2, 0.25) is 5.91 Å². The molecule has 0 heterocycles. The number of nitrogens with one attached hydrogen (secondary N) is 2. The van der Waals surface area contributed by atoms with Crippen molar-refractivity contribution in [3.05, 3.63) is 64.1 Å². The van der Waals surface area contributed by atoms with Crippen LogP contribution in [0, 0.1) is 5.92 Å². The summed E-state index contributed by atoms with van der Waals surface area (Å²) in [6, 6.07) is 14.3. The van der Waals surface area contributed by atoms with Crippen LogP contribution in [0.5, 0.6) is 5.75 Å². The van der Waals surface area contributed by atoms with Gasteiger partial charge in [-0.05, 0) is 54.7 Å². The van der Waals surface area contributed by atoms with Crippen LogP contribution in [0.2, 0.25) is 0 Å². The van der Waals surface area contributed by atoms with Gasteiger partial charge in [0, 0.05) is 29.0 Å². The van der Waals surface area contributed by atoms with E-state index in [9.17, 15) is 14.7 Å². The molecule has 1 aliphatic carbocycles.